The topological polar surface area (TPSA) is 98.5 Å². The Bertz CT molecular complexity index is 805. The van der Waals surface area contributed by atoms with E-state index in [2.05, 4.69) is 5.32 Å². The van der Waals surface area contributed by atoms with Crippen molar-refractivity contribution in [2.24, 2.45) is 0 Å². The monoisotopic (exact) mass is 362 g/mol. The Morgan fingerprint density at radius 1 is 1.20 bits per heavy atom. The number of aryl methyl sites for hydroxylation is 1. The van der Waals surface area contributed by atoms with Gasteiger partial charge in [-0.05, 0) is 36.2 Å². The van der Waals surface area contributed by atoms with E-state index in [9.17, 15) is 19.7 Å². The summed E-state index contributed by atoms with van der Waals surface area (Å²) < 4.78 is 4.84. The van der Waals surface area contributed by atoms with Gasteiger partial charge in [0.1, 0.15) is 5.56 Å². The lowest BCUT2D eigenvalue weighted by atomic mass is 10.1. The van der Waals surface area contributed by atoms with Crippen LogP contribution in [0.15, 0.2) is 42.5 Å². The number of esters is 1. The fraction of sp³-hybridized carbons (Fsp3) is 0.176. The van der Waals surface area contributed by atoms with Crippen LogP contribution in [0.2, 0.25) is 5.02 Å². The first-order valence-corrected chi connectivity index (χ1v) is 7.78. The molecule has 25 heavy (non-hydrogen) atoms. The highest BCUT2D eigenvalue weighted by atomic mass is 35.5. The Labute approximate surface area is 148 Å². The molecular formula is C17H15ClN2O5. The molecule has 1 N–H and O–H groups in total. The van der Waals surface area contributed by atoms with Crippen molar-refractivity contribution < 1.29 is 19.2 Å². The molecule has 2 rings (SSSR count). The maximum Gasteiger partial charge on any atom is 0.345 e. The lowest BCUT2D eigenvalue weighted by molar-refractivity contribution is -0.385. The molecule has 0 saturated heterocycles. The van der Waals surface area contributed by atoms with E-state index in [-0.39, 0.29) is 10.6 Å². The molecule has 8 heteroatoms. The zero-order valence-corrected chi connectivity index (χ0v) is 14.1. The number of benzene rings is 2. The van der Waals surface area contributed by atoms with E-state index in [1.54, 1.807) is 12.1 Å². The highest BCUT2D eigenvalue weighted by Crippen LogP contribution is 2.23. The summed E-state index contributed by atoms with van der Waals surface area (Å²) in [6, 6.07) is 10.8. The third-order valence-electron chi connectivity index (χ3n) is 3.36. The molecule has 0 spiro atoms. The minimum absolute atomic E-state index is 0.122. The first-order valence-electron chi connectivity index (χ1n) is 7.40. The maximum absolute atomic E-state index is 12.0. The number of hydrogen-bond donors (Lipinski definition) is 1. The first-order chi connectivity index (χ1) is 11.9. The SMILES string of the molecule is CCc1ccc(NC(=O)COC(=O)c2ccc(Cl)cc2[N+](=O)[O-])cc1. The summed E-state index contributed by atoms with van der Waals surface area (Å²) in [5.74, 6) is -1.52. The number of hydrogen-bond acceptors (Lipinski definition) is 5. The molecule has 0 aliphatic rings. The molecule has 1 amide bonds. The Morgan fingerprint density at radius 3 is 2.48 bits per heavy atom. The number of amides is 1. The third-order valence-corrected chi connectivity index (χ3v) is 3.59. The van der Waals surface area contributed by atoms with Crippen molar-refractivity contribution in [1.82, 2.24) is 0 Å². The van der Waals surface area contributed by atoms with E-state index < -0.39 is 29.1 Å². The van der Waals surface area contributed by atoms with Gasteiger partial charge >= 0.3 is 5.97 Å². The van der Waals surface area contributed by atoms with Gasteiger partial charge in [0.2, 0.25) is 0 Å². The highest BCUT2D eigenvalue weighted by Gasteiger charge is 2.22. The quantitative estimate of drug-likeness (QED) is 0.481. The van der Waals surface area contributed by atoms with Gasteiger partial charge in [-0.15, -0.1) is 0 Å². The lowest BCUT2D eigenvalue weighted by Crippen LogP contribution is -2.21. The molecule has 0 unspecified atom stereocenters. The van der Waals surface area contributed by atoms with Crippen LogP contribution in [0.4, 0.5) is 11.4 Å². The Hall–Kier alpha value is -2.93. The molecule has 0 heterocycles. The van der Waals surface area contributed by atoms with Gasteiger partial charge in [-0.25, -0.2) is 4.79 Å². The number of nitrogens with one attached hydrogen (secondary N) is 1. The van der Waals surface area contributed by atoms with Gasteiger partial charge in [0.15, 0.2) is 6.61 Å². The molecule has 0 fully saturated rings. The number of nitro benzene ring substituents is 1. The number of rotatable bonds is 6. The molecule has 0 aromatic heterocycles. The third kappa shape index (κ3) is 5.02. The van der Waals surface area contributed by atoms with Crippen molar-refractivity contribution in [1.29, 1.82) is 0 Å². The fourth-order valence-electron chi connectivity index (χ4n) is 2.06. The summed E-state index contributed by atoms with van der Waals surface area (Å²) >= 11 is 5.68. The highest BCUT2D eigenvalue weighted by molar-refractivity contribution is 6.31. The lowest BCUT2D eigenvalue weighted by Gasteiger charge is -2.07. The van der Waals surface area contributed by atoms with Gasteiger partial charge in [-0.2, -0.15) is 0 Å². The standard InChI is InChI=1S/C17H15ClN2O5/c1-2-11-3-6-13(7-4-11)19-16(21)10-25-17(22)14-8-5-12(18)9-15(14)20(23)24/h3-9H,2,10H2,1H3,(H,19,21). The van der Waals surface area contributed by atoms with Crippen molar-refractivity contribution in [3.8, 4) is 0 Å². The molecule has 0 radical (unpaired) electrons. The van der Waals surface area contributed by atoms with Crippen LogP contribution in [0.25, 0.3) is 0 Å². The summed E-state index contributed by atoms with van der Waals surface area (Å²) in [7, 11) is 0. The van der Waals surface area contributed by atoms with Crippen LogP contribution in [-0.4, -0.2) is 23.4 Å². The second-order valence-electron chi connectivity index (χ2n) is 5.09. The van der Waals surface area contributed by atoms with Gasteiger partial charge < -0.3 is 10.1 Å². The molecule has 0 aliphatic carbocycles. The number of carbonyl (C=O) groups excluding carboxylic acids is 2. The first kappa shape index (κ1) is 18.4. The van der Waals surface area contributed by atoms with Crippen molar-refractivity contribution in [3.05, 3.63) is 68.7 Å². The molecule has 2 aromatic carbocycles. The van der Waals surface area contributed by atoms with Crippen molar-refractivity contribution >= 4 is 34.9 Å². The molecular weight excluding hydrogens is 348 g/mol. The molecule has 0 saturated carbocycles. The van der Waals surface area contributed by atoms with Crippen LogP contribution in [0, 0.1) is 10.1 Å². The predicted octanol–water partition coefficient (Wildman–Crippen LogP) is 3.61. The number of anilines is 1. The second kappa shape index (κ2) is 8.25. The Morgan fingerprint density at radius 2 is 1.88 bits per heavy atom. The smallest absolute Gasteiger partial charge is 0.345 e. The average Bonchev–Trinajstić information content (AvgIpc) is 2.60. The molecule has 0 atom stereocenters. The van der Waals surface area contributed by atoms with E-state index in [0.717, 1.165) is 18.1 Å². The second-order valence-corrected chi connectivity index (χ2v) is 5.53. The Balaban J connectivity index is 1.97. The van der Waals surface area contributed by atoms with Crippen molar-refractivity contribution in [3.63, 3.8) is 0 Å². The van der Waals surface area contributed by atoms with E-state index in [1.807, 2.05) is 19.1 Å². The van der Waals surface area contributed by atoms with Gasteiger partial charge in [0.25, 0.3) is 11.6 Å². The number of carbonyl (C=O) groups is 2. The zero-order valence-electron chi connectivity index (χ0n) is 13.3. The zero-order chi connectivity index (χ0) is 18.4. The van der Waals surface area contributed by atoms with Crippen molar-refractivity contribution in [2.45, 2.75) is 13.3 Å². The van der Waals surface area contributed by atoms with E-state index >= 15 is 0 Å². The number of nitrogens with zero attached hydrogens (tertiary/aromatic N) is 1. The fourth-order valence-corrected chi connectivity index (χ4v) is 2.22. The van der Waals surface area contributed by atoms with Gasteiger partial charge in [0, 0.05) is 16.8 Å². The summed E-state index contributed by atoms with van der Waals surface area (Å²) in [5, 5.41) is 13.7. The van der Waals surface area contributed by atoms with Gasteiger partial charge in [-0.3, -0.25) is 14.9 Å². The minimum Gasteiger partial charge on any atom is -0.452 e. The average molecular weight is 363 g/mol. The molecule has 130 valence electrons. The van der Waals surface area contributed by atoms with E-state index in [0.29, 0.717) is 5.69 Å². The minimum atomic E-state index is -0.972. The van der Waals surface area contributed by atoms with Crippen LogP contribution >= 0.6 is 11.6 Å². The van der Waals surface area contributed by atoms with Crippen LogP contribution in [0.3, 0.4) is 0 Å². The number of halogens is 1. The maximum atomic E-state index is 12.0. The molecule has 0 aliphatic heterocycles. The number of nitro groups is 1. The Kier molecular flexibility index (Phi) is 6.08. The van der Waals surface area contributed by atoms with E-state index in [1.165, 1.54) is 12.1 Å². The molecule has 0 bridgehead atoms. The summed E-state index contributed by atoms with van der Waals surface area (Å²) in [5.41, 5.74) is 0.942. The summed E-state index contributed by atoms with van der Waals surface area (Å²) in [6.07, 6.45) is 0.881. The number of ether oxygens (including phenoxy) is 1. The predicted molar refractivity (Wildman–Crippen MR) is 92.8 cm³/mol. The van der Waals surface area contributed by atoms with Gasteiger partial charge in [0.05, 0.1) is 4.92 Å². The summed E-state index contributed by atoms with van der Waals surface area (Å²) in [6.45, 7) is 1.46. The molecule has 2 aromatic rings. The van der Waals surface area contributed by atoms with Crippen LogP contribution in [0.1, 0.15) is 22.8 Å². The van der Waals surface area contributed by atoms with Crippen molar-refractivity contribution in [2.75, 3.05) is 11.9 Å². The largest absolute Gasteiger partial charge is 0.452 e. The van der Waals surface area contributed by atoms with Crippen LogP contribution in [-0.2, 0) is 16.0 Å². The molecule has 7 nitrogen and oxygen atoms in total. The summed E-state index contributed by atoms with van der Waals surface area (Å²) in [4.78, 5) is 34.0. The van der Waals surface area contributed by atoms with Crippen LogP contribution in [0.5, 0.6) is 0 Å². The van der Waals surface area contributed by atoms with Gasteiger partial charge in [-0.1, -0.05) is 30.7 Å². The van der Waals surface area contributed by atoms with Crippen LogP contribution < -0.4 is 5.32 Å². The van der Waals surface area contributed by atoms with E-state index in [4.69, 9.17) is 16.3 Å². The normalized spacial score (nSPS) is 10.2.